The van der Waals surface area contributed by atoms with Crippen molar-refractivity contribution in [1.29, 1.82) is 0 Å². The summed E-state index contributed by atoms with van der Waals surface area (Å²) in [5.41, 5.74) is 17.6. The van der Waals surface area contributed by atoms with Crippen LogP contribution in [0, 0.1) is 0 Å². The first-order valence-corrected chi connectivity index (χ1v) is 26.3. The van der Waals surface area contributed by atoms with E-state index in [4.69, 9.17) is 9.97 Å². The van der Waals surface area contributed by atoms with Crippen LogP contribution in [0.4, 0.5) is 0 Å². The number of nitrogens with zero attached hydrogens (tertiary/aromatic N) is 5. The Labute approximate surface area is 443 Å². The maximum atomic E-state index is 5.37. The SMILES string of the molecule is c1ccc(-n2c3ccccc3c3cc(-c4ccc5c(c4)c4cc(-n6c7ccccc7c7ccccc76)ccc4n5-c4ccc(-c5nc(-c6cccc7ccccc67)cc(-c6cccc7ccccc67)n5)cc4)ccc32)cc1. The van der Waals surface area contributed by atoms with Gasteiger partial charge in [0.05, 0.1) is 44.5 Å². The van der Waals surface area contributed by atoms with Crippen LogP contribution in [0.2, 0.25) is 0 Å². The molecule has 0 atom stereocenters. The summed E-state index contributed by atoms with van der Waals surface area (Å²) < 4.78 is 7.21. The number of benzene rings is 12. The summed E-state index contributed by atoms with van der Waals surface area (Å²) in [6.45, 7) is 0. The molecule has 16 rings (SSSR count). The van der Waals surface area contributed by atoms with Crippen molar-refractivity contribution < 1.29 is 0 Å². The Morgan fingerprint density at radius 1 is 0.221 bits per heavy atom. The fourth-order valence-electron chi connectivity index (χ4n) is 12.3. The van der Waals surface area contributed by atoms with Crippen LogP contribution in [0.5, 0.6) is 0 Å². The van der Waals surface area contributed by atoms with Crippen molar-refractivity contribution in [2.24, 2.45) is 0 Å². The molecule has 0 bridgehead atoms. The van der Waals surface area contributed by atoms with E-state index in [0.717, 1.165) is 72.5 Å². The summed E-state index contributed by atoms with van der Waals surface area (Å²) >= 11 is 0. The van der Waals surface area contributed by atoms with Gasteiger partial charge in [0.25, 0.3) is 0 Å². The lowest BCUT2D eigenvalue weighted by Crippen LogP contribution is -1.98. The zero-order valence-corrected chi connectivity index (χ0v) is 41.7. The van der Waals surface area contributed by atoms with Crippen molar-refractivity contribution in [3.05, 3.63) is 273 Å². The largest absolute Gasteiger partial charge is 0.309 e. The van der Waals surface area contributed by atoms with Crippen LogP contribution in [0.25, 0.3) is 149 Å². The van der Waals surface area contributed by atoms with Crippen LogP contribution in [0.3, 0.4) is 0 Å². The minimum atomic E-state index is 0.677. The average Bonchev–Trinajstić information content (AvgIpc) is 4.16. The predicted octanol–water partition coefficient (Wildman–Crippen LogP) is 18.7. The molecule has 0 radical (unpaired) electrons. The van der Waals surface area contributed by atoms with Crippen molar-refractivity contribution in [1.82, 2.24) is 23.7 Å². The fraction of sp³-hybridized carbons (Fsp3) is 0. The molecular formula is C72H45N5. The zero-order chi connectivity index (χ0) is 50.6. The van der Waals surface area contributed by atoms with Crippen LogP contribution in [-0.2, 0) is 0 Å². The lowest BCUT2D eigenvalue weighted by atomic mass is 9.98. The van der Waals surface area contributed by atoms with Gasteiger partial charge >= 0.3 is 0 Å². The summed E-state index contributed by atoms with van der Waals surface area (Å²) in [5.74, 6) is 0.677. The van der Waals surface area contributed by atoms with E-state index in [1.807, 2.05) is 0 Å². The van der Waals surface area contributed by atoms with E-state index in [-0.39, 0.29) is 0 Å². The Morgan fingerprint density at radius 3 is 1.13 bits per heavy atom. The highest BCUT2D eigenvalue weighted by molar-refractivity contribution is 6.14. The highest BCUT2D eigenvalue weighted by Gasteiger charge is 2.20. The van der Waals surface area contributed by atoms with Gasteiger partial charge in [-0.05, 0) is 136 Å². The van der Waals surface area contributed by atoms with Crippen molar-refractivity contribution in [3.8, 4) is 62.1 Å². The molecule has 0 spiro atoms. The van der Waals surface area contributed by atoms with Gasteiger partial charge in [-0.3, -0.25) is 0 Å². The first kappa shape index (κ1) is 43.1. The molecule has 0 saturated heterocycles. The van der Waals surface area contributed by atoms with Gasteiger partial charge in [-0.1, -0.05) is 170 Å². The van der Waals surface area contributed by atoms with Crippen LogP contribution < -0.4 is 0 Å². The van der Waals surface area contributed by atoms with E-state index < -0.39 is 0 Å². The van der Waals surface area contributed by atoms with Crippen LogP contribution in [0.15, 0.2) is 273 Å². The van der Waals surface area contributed by atoms with Gasteiger partial charge in [0.2, 0.25) is 0 Å². The third kappa shape index (κ3) is 6.81. The molecule has 0 amide bonds. The summed E-state index contributed by atoms with van der Waals surface area (Å²) in [6, 6.07) is 98.8. The average molecular weight is 980 g/mol. The molecule has 5 heteroatoms. The predicted molar refractivity (Wildman–Crippen MR) is 322 cm³/mol. The van der Waals surface area contributed by atoms with E-state index in [1.54, 1.807) is 0 Å². The summed E-state index contributed by atoms with van der Waals surface area (Å²) in [7, 11) is 0. The second-order valence-electron chi connectivity index (χ2n) is 20.1. The van der Waals surface area contributed by atoms with Crippen molar-refractivity contribution in [2.75, 3.05) is 0 Å². The monoisotopic (exact) mass is 979 g/mol. The Balaban J connectivity index is 0.878. The molecule has 0 aliphatic heterocycles. The standard InChI is InChI=1S/C72H45N5/c1-2-20-51(21-3-1)75-68-31-13-10-26-60(68)61-42-49(34-39-69(61)75)50-35-40-70-62(43-50)63-44-53(77-66-29-11-8-24-58(66)59-25-9-12-30-67(59)77)38-41-71(63)76(70)52-36-32-48(33-37-52)72-73-64(56-27-14-18-46-16-4-6-22-54(46)56)45-65(74-72)57-28-15-19-47-17-5-7-23-55(47)57/h1-45H. The first-order chi connectivity index (χ1) is 38.2. The van der Waals surface area contributed by atoms with Crippen molar-refractivity contribution in [3.63, 3.8) is 0 Å². The third-order valence-corrected chi connectivity index (χ3v) is 15.8. The van der Waals surface area contributed by atoms with E-state index in [0.29, 0.717) is 5.82 Å². The fourth-order valence-corrected chi connectivity index (χ4v) is 12.3. The van der Waals surface area contributed by atoms with Gasteiger partial charge in [-0.2, -0.15) is 0 Å². The number of hydrogen-bond donors (Lipinski definition) is 0. The highest BCUT2D eigenvalue weighted by atomic mass is 15.0. The molecule has 5 nitrogen and oxygen atoms in total. The number of hydrogen-bond acceptors (Lipinski definition) is 2. The highest BCUT2D eigenvalue weighted by Crippen LogP contribution is 2.41. The molecule has 358 valence electrons. The number of aromatic nitrogens is 5. The van der Waals surface area contributed by atoms with E-state index >= 15 is 0 Å². The van der Waals surface area contributed by atoms with Crippen LogP contribution >= 0.6 is 0 Å². The molecule has 0 fully saturated rings. The topological polar surface area (TPSA) is 40.6 Å². The van der Waals surface area contributed by atoms with Gasteiger partial charge in [-0.15, -0.1) is 0 Å². The number of para-hydroxylation sites is 4. The van der Waals surface area contributed by atoms with Crippen LogP contribution in [0.1, 0.15) is 0 Å². The van der Waals surface area contributed by atoms with Crippen molar-refractivity contribution >= 4 is 87.0 Å². The zero-order valence-electron chi connectivity index (χ0n) is 41.7. The maximum Gasteiger partial charge on any atom is 0.160 e. The number of fused-ring (bicyclic) bond motifs is 11. The Bertz CT molecular complexity index is 4880. The molecule has 4 heterocycles. The lowest BCUT2D eigenvalue weighted by molar-refractivity contribution is 1.16. The van der Waals surface area contributed by atoms with Gasteiger partial charge in [-0.25, -0.2) is 9.97 Å². The van der Waals surface area contributed by atoms with Crippen molar-refractivity contribution in [2.45, 2.75) is 0 Å². The van der Waals surface area contributed by atoms with E-state index in [1.165, 1.54) is 70.7 Å². The van der Waals surface area contributed by atoms with Gasteiger partial charge in [0.15, 0.2) is 5.82 Å². The Morgan fingerprint density at radius 2 is 0.584 bits per heavy atom. The summed E-state index contributed by atoms with van der Waals surface area (Å²) in [5, 5.41) is 12.0. The van der Waals surface area contributed by atoms with Gasteiger partial charge in [0.1, 0.15) is 0 Å². The van der Waals surface area contributed by atoms with E-state index in [9.17, 15) is 0 Å². The molecular weight excluding hydrogens is 935 g/mol. The molecule has 0 saturated carbocycles. The quantitative estimate of drug-likeness (QED) is 0.160. The third-order valence-electron chi connectivity index (χ3n) is 15.8. The second kappa shape index (κ2) is 17.1. The van der Waals surface area contributed by atoms with Crippen LogP contribution in [-0.4, -0.2) is 23.7 Å². The number of rotatable bonds is 7. The minimum Gasteiger partial charge on any atom is -0.309 e. The summed E-state index contributed by atoms with van der Waals surface area (Å²) in [6.07, 6.45) is 0. The minimum absolute atomic E-state index is 0.677. The smallest absolute Gasteiger partial charge is 0.160 e. The molecule has 0 N–H and O–H groups in total. The Kier molecular flexibility index (Phi) is 9.57. The maximum absolute atomic E-state index is 5.37. The second-order valence-corrected chi connectivity index (χ2v) is 20.1. The molecule has 77 heavy (non-hydrogen) atoms. The molecule has 4 aromatic heterocycles. The molecule has 12 aromatic carbocycles. The van der Waals surface area contributed by atoms with Gasteiger partial charge < -0.3 is 13.7 Å². The Hall–Kier alpha value is -10.4. The molecule has 16 aromatic rings. The lowest BCUT2D eigenvalue weighted by Gasteiger charge is -2.13. The van der Waals surface area contributed by atoms with E-state index in [2.05, 4.69) is 287 Å². The molecule has 0 aliphatic carbocycles. The summed E-state index contributed by atoms with van der Waals surface area (Å²) in [4.78, 5) is 10.7. The molecule has 0 aliphatic rings. The normalized spacial score (nSPS) is 11.9. The molecule has 0 unspecified atom stereocenters. The first-order valence-electron chi connectivity index (χ1n) is 26.3. The van der Waals surface area contributed by atoms with Gasteiger partial charge in [0, 0.05) is 66.1 Å².